The van der Waals surface area contributed by atoms with Gasteiger partial charge in [-0.3, -0.25) is 14.5 Å². The van der Waals surface area contributed by atoms with Crippen LogP contribution in [0.15, 0.2) is 60.7 Å². The van der Waals surface area contributed by atoms with Gasteiger partial charge in [0, 0.05) is 37.3 Å². The van der Waals surface area contributed by atoms with Crippen molar-refractivity contribution in [1.82, 2.24) is 15.5 Å². The van der Waals surface area contributed by atoms with Crippen LogP contribution in [0.1, 0.15) is 36.5 Å². The molecule has 1 spiro atoms. The van der Waals surface area contributed by atoms with Crippen molar-refractivity contribution < 1.29 is 19.1 Å². The lowest BCUT2D eigenvalue weighted by Gasteiger charge is -2.44. The SMILES string of the molecule is CC(O)CNC(CC(F)N1CCC2(CC1)C(=O)NCN2c1ccccc1)C(=O)c1ccccc1. The highest BCUT2D eigenvalue weighted by Gasteiger charge is 2.51. The van der Waals surface area contributed by atoms with Crippen molar-refractivity contribution in [2.75, 3.05) is 31.2 Å². The van der Waals surface area contributed by atoms with Gasteiger partial charge in [0.1, 0.15) is 5.54 Å². The average Bonchev–Trinajstić information content (AvgIpc) is 3.17. The Morgan fingerprint density at radius 3 is 2.35 bits per heavy atom. The topological polar surface area (TPSA) is 84.9 Å². The predicted octanol–water partition coefficient (Wildman–Crippen LogP) is 2.32. The Labute approximate surface area is 199 Å². The number of hydrogen-bond donors (Lipinski definition) is 3. The molecule has 34 heavy (non-hydrogen) atoms. The summed E-state index contributed by atoms with van der Waals surface area (Å²) in [7, 11) is 0. The summed E-state index contributed by atoms with van der Waals surface area (Å²) in [6, 6.07) is 17.9. The van der Waals surface area contributed by atoms with Crippen molar-refractivity contribution in [1.29, 1.82) is 0 Å². The summed E-state index contributed by atoms with van der Waals surface area (Å²) < 4.78 is 15.5. The highest BCUT2D eigenvalue weighted by molar-refractivity contribution is 6.00. The lowest BCUT2D eigenvalue weighted by molar-refractivity contribution is -0.125. The van der Waals surface area contributed by atoms with E-state index in [-0.39, 0.29) is 24.7 Å². The summed E-state index contributed by atoms with van der Waals surface area (Å²) in [6.07, 6.45) is -1.00. The minimum absolute atomic E-state index is 0.0119. The largest absolute Gasteiger partial charge is 0.392 e. The lowest BCUT2D eigenvalue weighted by Crippen LogP contribution is -2.58. The number of hydrogen-bond acceptors (Lipinski definition) is 6. The molecule has 2 fully saturated rings. The van der Waals surface area contributed by atoms with Crippen LogP contribution in [0.2, 0.25) is 0 Å². The Balaban J connectivity index is 1.42. The number of amides is 1. The van der Waals surface area contributed by atoms with Gasteiger partial charge in [-0.15, -0.1) is 0 Å². The second-order valence-corrected chi connectivity index (χ2v) is 9.21. The van der Waals surface area contributed by atoms with Gasteiger partial charge in [-0.1, -0.05) is 48.5 Å². The van der Waals surface area contributed by atoms with Crippen LogP contribution in [0.3, 0.4) is 0 Å². The van der Waals surface area contributed by atoms with E-state index in [1.807, 2.05) is 36.4 Å². The number of ketones is 1. The molecule has 2 aliphatic rings. The molecule has 3 unspecified atom stereocenters. The maximum absolute atomic E-state index is 15.5. The first-order valence-electron chi connectivity index (χ1n) is 11.9. The number of carbonyl (C=O) groups excluding carboxylic acids is 2. The van der Waals surface area contributed by atoms with Crippen molar-refractivity contribution in [3.05, 3.63) is 66.2 Å². The number of nitrogens with one attached hydrogen (secondary N) is 2. The van der Waals surface area contributed by atoms with E-state index in [1.165, 1.54) is 0 Å². The molecule has 2 saturated heterocycles. The van der Waals surface area contributed by atoms with Crippen LogP contribution in [-0.2, 0) is 4.79 Å². The molecular weight excluding hydrogens is 435 g/mol. The molecule has 0 bridgehead atoms. The molecule has 0 saturated carbocycles. The van der Waals surface area contributed by atoms with Gasteiger partial charge in [0.15, 0.2) is 12.1 Å². The molecule has 182 valence electrons. The highest BCUT2D eigenvalue weighted by atomic mass is 19.1. The number of likely N-dealkylation sites (tertiary alicyclic amines) is 1. The van der Waals surface area contributed by atoms with E-state index in [0.29, 0.717) is 38.2 Å². The van der Waals surface area contributed by atoms with E-state index in [2.05, 4.69) is 15.5 Å². The Morgan fingerprint density at radius 1 is 1.12 bits per heavy atom. The van der Waals surface area contributed by atoms with Gasteiger partial charge in [0.2, 0.25) is 5.91 Å². The zero-order valence-corrected chi connectivity index (χ0v) is 19.5. The molecule has 2 heterocycles. The first kappa shape index (κ1) is 24.3. The number of Topliss-reactive ketones (excluding diaryl/α,β-unsaturated/α-hetero) is 1. The number of alkyl halides is 1. The molecule has 3 atom stereocenters. The normalized spacial score (nSPS) is 20.7. The molecule has 7 nitrogen and oxygen atoms in total. The molecule has 2 aromatic rings. The van der Waals surface area contributed by atoms with Gasteiger partial charge < -0.3 is 20.6 Å². The fourth-order valence-electron chi connectivity index (χ4n) is 4.95. The molecule has 0 aromatic heterocycles. The van der Waals surface area contributed by atoms with Gasteiger partial charge in [-0.2, -0.15) is 0 Å². The maximum Gasteiger partial charge on any atom is 0.247 e. The van der Waals surface area contributed by atoms with Crippen LogP contribution in [0.4, 0.5) is 10.1 Å². The number of aliphatic hydroxyl groups is 1. The number of aliphatic hydroxyl groups excluding tert-OH is 1. The Morgan fingerprint density at radius 2 is 1.74 bits per heavy atom. The summed E-state index contributed by atoms with van der Waals surface area (Å²) in [6.45, 7) is 3.10. The second kappa shape index (κ2) is 10.6. The maximum atomic E-state index is 15.5. The number of nitrogens with zero attached hydrogens (tertiary/aromatic N) is 2. The summed E-state index contributed by atoms with van der Waals surface area (Å²) in [5.41, 5.74) is 0.806. The standard InChI is InChI=1S/C26H33FN4O3/c1-19(32)17-28-22(24(33)20-8-4-2-5-9-20)16-23(27)30-14-12-26(13-15-30)25(34)29-18-31(26)21-10-6-3-7-11-21/h2-11,19,22-23,28,32H,12-18H2,1H3,(H,29,34). The molecule has 2 aromatic carbocycles. The number of piperidine rings is 1. The Hall–Kier alpha value is -2.81. The number of carbonyl (C=O) groups is 2. The van der Waals surface area contributed by atoms with Crippen LogP contribution in [0.25, 0.3) is 0 Å². The third kappa shape index (κ3) is 5.14. The van der Waals surface area contributed by atoms with Crippen LogP contribution < -0.4 is 15.5 Å². The van der Waals surface area contributed by atoms with Crippen molar-refractivity contribution in [3.63, 3.8) is 0 Å². The van der Waals surface area contributed by atoms with Crippen LogP contribution in [-0.4, -0.2) is 72.0 Å². The third-order valence-electron chi connectivity index (χ3n) is 6.89. The van der Waals surface area contributed by atoms with E-state index < -0.39 is 24.0 Å². The molecule has 1 amide bonds. The van der Waals surface area contributed by atoms with Gasteiger partial charge in [0.05, 0.1) is 18.8 Å². The molecule has 4 rings (SSSR count). The third-order valence-corrected chi connectivity index (χ3v) is 6.89. The average molecular weight is 469 g/mol. The van der Waals surface area contributed by atoms with Crippen molar-refractivity contribution >= 4 is 17.4 Å². The van der Waals surface area contributed by atoms with Crippen LogP contribution in [0.5, 0.6) is 0 Å². The number of para-hydroxylation sites is 1. The molecule has 3 N–H and O–H groups in total. The number of anilines is 1. The van der Waals surface area contributed by atoms with Crippen molar-refractivity contribution in [3.8, 4) is 0 Å². The van der Waals surface area contributed by atoms with E-state index >= 15 is 4.39 Å². The minimum Gasteiger partial charge on any atom is -0.392 e. The van der Waals surface area contributed by atoms with Crippen molar-refractivity contribution in [2.24, 2.45) is 0 Å². The Bertz CT molecular complexity index is 965. The molecule has 0 aliphatic carbocycles. The summed E-state index contributed by atoms with van der Waals surface area (Å²) in [5.74, 6) is -0.204. The van der Waals surface area contributed by atoms with E-state index in [9.17, 15) is 14.7 Å². The number of rotatable bonds is 9. The van der Waals surface area contributed by atoms with Gasteiger partial charge in [0.25, 0.3) is 0 Å². The first-order valence-corrected chi connectivity index (χ1v) is 11.9. The fraction of sp³-hybridized carbons (Fsp3) is 0.462. The summed E-state index contributed by atoms with van der Waals surface area (Å²) in [5, 5.41) is 15.7. The zero-order valence-electron chi connectivity index (χ0n) is 19.5. The number of halogens is 1. The predicted molar refractivity (Wildman–Crippen MR) is 129 cm³/mol. The minimum atomic E-state index is -1.34. The lowest BCUT2D eigenvalue weighted by atomic mass is 9.85. The van der Waals surface area contributed by atoms with Gasteiger partial charge in [-0.25, -0.2) is 4.39 Å². The summed E-state index contributed by atoms with van der Waals surface area (Å²) >= 11 is 0. The highest BCUT2D eigenvalue weighted by Crippen LogP contribution is 2.37. The number of benzene rings is 2. The van der Waals surface area contributed by atoms with Gasteiger partial charge in [-0.05, 0) is 31.9 Å². The molecular formula is C26H33FN4O3. The van der Waals surface area contributed by atoms with Crippen molar-refractivity contribution in [2.45, 2.75) is 50.2 Å². The summed E-state index contributed by atoms with van der Waals surface area (Å²) in [4.78, 5) is 29.7. The van der Waals surface area contributed by atoms with E-state index in [1.54, 1.807) is 36.1 Å². The molecule has 8 heteroatoms. The van der Waals surface area contributed by atoms with E-state index in [4.69, 9.17) is 0 Å². The smallest absolute Gasteiger partial charge is 0.247 e. The zero-order chi connectivity index (χ0) is 24.1. The van der Waals surface area contributed by atoms with Crippen LogP contribution >= 0.6 is 0 Å². The molecule has 2 aliphatic heterocycles. The fourth-order valence-corrected chi connectivity index (χ4v) is 4.95. The van der Waals surface area contributed by atoms with E-state index in [0.717, 1.165) is 5.69 Å². The van der Waals surface area contributed by atoms with Crippen LogP contribution in [0, 0.1) is 0 Å². The van der Waals surface area contributed by atoms with Gasteiger partial charge >= 0.3 is 0 Å². The Kier molecular flexibility index (Phi) is 7.60. The first-order chi connectivity index (χ1) is 16.4. The quantitative estimate of drug-likeness (QED) is 0.387. The second-order valence-electron chi connectivity index (χ2n) is 9.21. The molecule has 0 radical (unpaired) electrons. The monoisotopic (exact) mass is 468 g/mol.